The van der Waals surface area contributed by atoms with E-state index in [-0.39, 0.29) is 0 Å². The fourth-order valence-corrected chi connectivity index (χ4v) is 2.77. The molecule has 0 saturated heterocycles. The zero-order chi connectivity index (χ0) is 13.1. The molecule has 0 spiro atoms. The minimum atomic E-state index is 0.535. The average molecular weight is 247 g/mol. The molecule has 2 rings (SSSR count). The van der Waals surface area contributed by atoms with E-state index in [1.807, 2.05) is 0 Å². The van der Waals surface area contributed by atoms with Gasteiger partial charge < -0.3 is 10.1 Å². The number of hydrogen-bond donors (Lipinski definition) is 1. The van der Waals surface area contributed by atoms with Crippen LogP contribution in [-0.2, 0) is 0 Å². The molecule has 1 aromatic rings. The van der Waals surface area contributed by atoms with Crippen molar-refractivity contribution in [3.8, 4) is 5.75 Å². The molecule has 1 fully saturated rings. The molecule has 1 atom stereocenters. The summed E-state index contributed by atoms with van der Waals surface area (Å²) in [4.78, 5) is 0. The molecule has 1 aromatic carbocycles. The number of methoxy groups -OCH3 is 1. The monoisotopic (exact) mass is 247 g/mol. The second-order valence-corrected chi connectivity index (χ2v) is 5.46. The topological polar surface area (TPSA) is 21.3 Å². The number of aryl methyl sites for hydroxylation is 2. The van der Waals surface area contributed by atoms with Crippen LogP contribution < -0.4 is 10.1 Å². The van der Waals surface area contributed by atoms with Crippen LogP contribution in [0.25, 0.3) is 0 Å². The number of hydrogen-bond acceptors (Lipinski definition) is 2. The molecule has 18 heavy (non-hydrogen) atoms. The Hall–Kier alpha value is -1.02. The van der Waals surface area contributed by atoms with Gasteiger partial charge in [0, 0.05) is 6.04 Å². The SMILES string of the molecule is CCCNC(c1cc(C)c(OC)c(C)c1)C1CC1. The first-order valence-electron chi connectivity index (χ1n) is 7.05. The third-order valence-electron chi connectivity index (χ3n) is 3.75. The van der Waals surface area contributed by atoms with Crippen molar-refractivity contribution in [2.45, 2.75) is 46.1 Å². The summed E-state index contributed by atoms with van der Waals surface area (Å²) < 4.78 is 5.45. The number of nitrogens with one attached hydrogen (secondary N) is 1. The lowest BCUT2D eigenvalue weighted by Gasteiger charge is -2.21. The van der Waals surface area contributed by atoms with Crippen molar-refractivity contribution in [2.75, 3.05) is 13.7 Å². The molecule has 0 heterocycles. The van der Waals surface area contributed by atoms with Crippen molar-refractivity contribution in [1.82, 2.24) is 5.32 Å². The second kappa shape index (κ2) is 5.75. The van der Waals surface area contributed by atoms with E-state index in [1.165, 1.54) is 36.0 Å². The highest BCUT2D eigenvalue weighted by atomic mass is 16.5. The maximum absolute atomic E-state index is 5.45. The van der Waals surface area contributed by atoms with E-state index in [2.05, 4.69) is 38.2 Å². The molecule has 1 N–H and O–H groups in total. The number of ether oxygens (including phenoxy) is 1. The summed E-state index contributed by atoms with van der Waals surface area (Å²) >= 11 is 0. The molecule has 0 radical (unpaired) electrons. The minimum absolute atomic E-state index is 0.535. The van der Waals surface area contributed by atoms with Crippen LogP contribution in [0.1, 0.15) is 48.9 Å². The smallest absolute Gasteiger partial charge is 0.124 e. The second-order valence-electron chi connectivity index (χ2n) is 5.46. The van der Waals surface area contributed by atoms with E-state index in [1.54, 1.807) is 7.11 Å². The van der Waals surface area contributed by atoms with Crippen LogP contribution in [0.3, 0.4) is 0 Å². The lowest BCUT2D eigenvalue weighted by atomic mass is 9.97. The minimum Gasteiger partial charge on any atom is -0.496 e. The highest BCUT2D eigenvalue weighted by Crippen LogP contribution is 2.42. The molecule has 1 saturated carbocycles. The molecular weight excluding hydrogens is 222 g/mol. The number of rotatable bonds is 6. The van der Waals surface area contributed by atoms with Gasteiger partial charge >= 0.3 is 0 Å². The predicted octanol–water partition coefficient (Wildman–Crippen LogP) is 3.76. The Morgan fingerprint density at radius 2 is 1.89 bits per heavy atom. The molecule has 0 aromatic heterocycles. The van der Waals surface area contributed by atoms with Gasteiger partial charge in [0.05, 0.1) is 7.11 Å². The van der Waals surface area contributed by atoms with Gasteiger partial charge in [0.25, 0.3) is 0 Å². The van der Waals surface area contributed by atoms with Crippen LogP contribution in [-0.4, -0.2) is 13.7 Å². The summed E-state index contributed by atoms with van der Waals surface area (Å²) in [6.07, 6.45) is 3.92. The van der Waals surface area contributed by atoms with Gasteiger partial charge in [0.15, 0.2) is 0 Å². The third-order valence-corrected chi connectivity index (χ3v) is 3.75. The molecule has 1 aliphatic rings. The van der Waals surface area contributed by atoms with Gasteiger partial charge in [-0.2, -0.15) is 0 Å². The van der Waals surface area contributed by atoms with Gasteiger partial charge in [-0.3, -0.25) is 0 Å². The molecule has 0 aliphatic heterocycles. The lowest BCUT2D eigenvalue weighted by molar-refractivity contribution is 0.407. The van der Waals surface area contributed by atoms with E-state index in [4.69, 9.17) is 4.74 Å². The van der Waals surface area contributed by atoms with Crippen LogP contribution in [0.4, 0.5) is 0 Å². The van der Waals surface area contributed by atoms with Crippen molar-refractivity contribution in [3.63, 3.8) is 0 Å². The van der Waals surface area contributed by atoms with Gasteiger partial charge in [-0.1, -0.05) is 19.1 Å². The average Bonchev–Trinajstić information content (AvgIpc) is 3.14. The van der Waals surface area contributed by atoms with E-state index in [9.17, 15) is 0 Å². The summed E-state index contributed by atoms with van der Waals surface area (Å²) in [6, 6.07) is 5.11. The zero-order valence-corrected chi connectivity index (χ0v) is 12.0. The van der Waals surface area contributed by atoms with E-state index in [0.717, 1.165) is 18.2 Å². The van der Waals surface area contributed by atoms with Gasteiger partial charge in [0.2, 0.25) is 0 Å². The molecule has 100 valence electrons. The molecule has 1 unspecified atom stereocenters. The quantitative estimate of drug-likeness (QED) is 0.826. The first-order chi connectivity index (χ1) is 8.67. The van der Waals surface area contributed by atoms with Gasteiger partial charge in [-0.25, -0.2) is 0 Å². The number of benzene rings is 1. The van der Waals surface area contributed by atoms with Gasteiger partial charge in [-0.05, 0) is 62.3 Å². The Balaban J connectivity index is 2.24. The standard InChI is InChI=1S/C16H25NO/c1-5-8-17-15(13-6-7-13)14-9-11(2)16(18-4)12(3)10-14/h9-10,13,15,17H,5-8H2,1-4H3. The van der Waals surface area contributed by atoms with Crippen LogP contribution >= 0.6 is 0 Å². The molecule has 1 aliphatic carbocycles. The first-order valence-corrected chi connectivity index (χ1v) is 7.05. The molecular formula is C16H25NO. The summed E-state index contributed by atoms with van der Waals surface area (Å²) in [5.74, 6) is 1.87. The molecule has 2 nitrogen and oxygen atoms in total. The Kier molecular flexibility index (Phi) is 4.28. The van der Waals surface area contributed by atoms with Crippen molar-refractivity contribution in [1.29, 1.82) is 0 Å². The lowest BCUT2D eigenvalue weighted by Crippen LogP contribution is -2.24. The largest absolute Gasteiger partial charge is 0.496 e. The van der Waals surface area contributed by atoms with Crippen LogP contribution in [0.15, 0.2) is 12.1 Å². The van der Waals surface area contributed by atoms with Crippen LogP contribution in [0.5, 0.6) is 5.75 Å². The third kappa shape index (κ3) is 2.86. The zero-order valence-electron chi connectivity index (χ0n) is 12.0. The summed E-state index contributed by atoms with van der Waals surface area (Å²) in [5.41, 5.74) is 3.93. The fraction of sp³-hybridized carbons (Fsp3) is 0.625. The van der Waals surface area contributed by atoms with Crippen LogP contribution in [0, 0.1) is 19.8 Å². The molecule has 0 bridgehead atoms. The summed E-state index contributed by atoms with van der Waals surface area (Å²) in [7, 11) is 1.75. The summed E-state index contributed by atoms with van der Waals surface area (Å²) in [6.45, 7) is 7.60. The van der Waals surface area contributed by atoms with Crippen molar-refractivity contribution in [3.05, 3.63) is 28.8 Å². The first kappa shape index (κ1) is 13.4. The van der Waals surface area contributed by atoms with Crippen LogP contribution in [0.2, 0.25) is 0 Å². The predicted molar refractivity (Wildman–Crippen MR) is 76.2 cm³/mol. The highest BCUT2D eigenvalue weighted by molar-refractivity contribution is 5.44. The van der Waals surface area contributed by atoms with Crippen molar-refractivity contribution >= 4 is 0 Å². The normalized spacial score (nSPS) is 16.7. The van der Waals surface area contributed by atoms with E-state index < -0.39 is 0 Å². The Morgan fingerprint density at radius 3 is 2.33 bits per heavy atom. The van der Waals surface area contributed by atoms with Crippen molar-refractivity contribution in [2.24, 2.45) is 5.92 Å². The maximum Gasteiger partial charge on any atom is 0.124 e. The highest BCUT2D eigenvalue weighted by Gasteiger charge is 2.32. The van der Waals surface area contributed by atoms with E-state index in [0.29, 0.717) is 6.04 Å². The Morgan fingerprint density at radius 1 is 1.28 bits per heavy atom. The summed E-state index contributed by atoms with van der Waals surface area (Å²) in [5, 5.41) is 3.70. The fourth-order valence-electron chi connectivity index (χ4n) is 2.77. The van der Waals surface area contributed by atoms with Gasteiger partial charge in [-0.15, -0.1) is 0 Å². The van der Waals surface area contributed by atoms with Gasteiger partial charge in [0.1, 0.15) is 5.75 Å². The molecule has 2 heteroatoms. The molecule has 0 amide bonds. The van der Waals surface area contributed by atoms with E-state index >= 15 is 0 Å². The maximum atomic E-state index is 5.45. The Bertz CT molecular complexity index is 387. The van der Waals surface area contributed by atoms with Crippen molar-refractivity contribution < 1.29 is 4.74 Å². The Labute approximate surface area is 111 Å².